The molecule has 2 aromatic carbocycles. The van der Waals surface area contributed by atoms with E-state index in [9.17, 15) is 18.0 Å². The molecule has 9 heteroatoms. The summed E-state index contributed by atoms with van der Waals surface area (Å²) in [6, 6.07) is 12.3. The van der Waals surface area contributed by atoms with E-state index in [1.165, 1.54) is 114 Å². The predicted octanol–water partition coefficient (Wildman–Crippen LogP) is 12.9. The molecule has 57 heavy (non-hydrogen) atoms. The van der Waals surface area contributed by atoms with E-state index in [1.807, 2.05) is 0 Å². The Bertz CT molecular complexity index is 1360. The van der Waals surface area contributed by atoms with Crippen molar-refractivity contribution in [3.8, 4) is 11.5 Å². The smallest absolute Gasteiger partial charge is 0.305 e. The van der Waals surface area contributed by atoms with Crippen molar-refractivity contribution in [2.75, 3.05) is 26.4 Å². The number of carbonyl (C=O) groups excluding carboxylic acids is 2. The summed E-state index contributed by atoms with van der Waals surface area (Å²) in [6.07, 6.45) is 35.9. The van der Waals surface area contributed by atoms with Crippen molar-refractivity contribution >= 4 is 21.8 Å². The van der Waals surface area contributed by atoms with Crippen LogP contribution in [0.5, 0.6) is 11.5 Å². The SMILES string of the molecule is CCCCCC/C=C/CCCCCCCC(=O)OCCOc1ccc(S(=O)(=O)c2ccc(OCCOC(=O)CCCCCCC/C=C/CCCCCC)cc2)cc1. The maximum absolute atomic E-state index is 13.2. The lowest BCUT2D eigenvalue weighted by Gasteiger charge is -2.10. The topological polar surface area (TPSA) is 105 Å². The molecule has 0 aliphatic rings. The quantitative estimate of drug-likeness (QED) is 0.0381. The highest BCUT2D eigenvalue weighted by Crippen LogP contribution is 2.25. The van der Waals surface area contributed by atoms with Crippen LogP contribution < -0.4 is 9.47 Å². The molecular weight excluding hydrogens is 737 g/mol. The van der Waals surface area contributed by atoms with Gasteiger partial charge < -0.3 is 18.9 Å². The van der Waals surface area contributed by atoms with Gasteiger partial charge in [0.25, 0.3) is 0 Å². The van der Waals surface area contributed by atoms with E-state index in [2.05, 4.69) is 38.2 Å². The molecule has 2 rings (SSSR count). The molecule has 0 radical (unpaired) electrons. The van der Waals surface area contributed by atoms with Gasteiger partial charge in [-0.15, -0.1) is 0 Å². The van der Waals surface area contributed by atoms with Gasteiger partial charge in [0.2, 0.25) is 9.84 Å². The van der Waals surface area contributed by atoms with Gasteiger partial charge in [-0.1, -0.05) is 115 Å². The van der Waals surface area contributed by atoms with Crippen LogP contribution in [0.4, 0.5) is 0 Å². The summed E-state index contributed by atoms with van der Waals surface area (Å²) in [7, 11) is -3.75. The minimum Gasteiger partial charge on any atom is -0.490 e. The van der Waals surface area contributed by atoms with Crippen LogP contribution in [-0.2, 0) is 28.9 Å². The first-order valence-corrected chi connectivity index (χ1v) is 23.7. The Balaban J connectivity index is 1.51. The number of allylic oxidation sites excluding steroid dienone is 4. The van der Waals surface area contributed by atoms with E-state index in [1.54, 1.807) is 24.3 Å². The van der Waals surface area contributed by atoms with Crippen LogP contribution in [-0.4, -0.2) is 46.8 Å². The monoisotopic (exact) mass is 811 g/mol. The minimum atomic E-state index is -3.75. The van der Waals surface area contributed by atoms with Crippen LogP contribution in [0.3, 0.4) is 0 Å². The van der Waals surface area contributed by atoms with E-state index < -0.39 is 9.84 Å². The van der Waals surface area contributed by atoms with Crippen molar-refractivity contribution in [1.29, 1.82) is 0 Å². The fourth-order valence-electron chi connectivity index (χ4n) is 6.31. The van der Waals surface area contributed by atoms with E-state index in [4.69, 9.17) is 18.9 Å². The molecule has 0 bridgehead atoms. The number of unbranched alkanes of at least 4 members (excludes halogenated alkanes) is 18. The van der Waals surface area contributed by atoms with Crippen molar-refractivity contribution in [3.05, 3.63) is 72.8 Å². The average Bonchev–Trinajstić information content (AvgIpc) is 3.22. The van der Waals surface area contributed by atoms with Crippen LogP contribution in [0, 0.1) is 0 Å². The minimum absolute atomic E-state index is 0.136. The van der Waals surface area contributed by atoms with Crippen LogP contribution >= 0.6 is 0 Å². The van der Waals surface area contributed by atoms with Crippen LogP contribution in [0.25, 0.3) is 0 Å². The lowest BCUT2D eigenvalue weighted by Crippen LogP contribution is -2.12. The van der Waals surface area contributed by atoms with Crippen LogP contribution in [0.1, 0.15) is 168 Å². The van der Waals surface area contributed by atoms with Gasteiger partial charge in [0, 0.05) is 12.8 Å². The van der Waals surface area contributed by atoms with Crippen molar-refractivity contribution in [2.45, 2.75) is 178 Å². The first-order chi connectivity index (χ1) is 27.9. The molecule has 0 unspecified atom stereocenters. The number of carbonyl (C=O) groups is 2. The molecule has 2 aromatic rings. The molecule has 8 nitrogen and oxygen atoms in total. The number of esters is 2. The Hall–Kier alpha value is -3.59. The van der Waals surface area contributed by atoms with Gasteiger partial charge in [-0.25, -0.2) is 8.42 Å². The molecule has 0 aromatic heterocycles. The van der Waals surface area contributed by atoms with Crippen LogP contribution in [0.2, 0.25) is 0 Å². The first kappa shape index (κ1) is 49.6. The molecule has 0 spiro atoms. The van der Waals surface area contributed by atoms with E-state index in [-0.39, 0.29) is 48.2 Å². The highest BCUT2D eigenvalue weighted by atomic mass is 32.2. The molecule has 0 atom stereocenters. The highest BCUT2D eigenvalue weighted by molar-refractivity contribution is 7.91. The number of ether oxygens (including phenoxy) is 4. The Morgan fingerprint density at radius 2 is 0.754 bits per heavy atom. The maximum Gasteiger partial charge on any atom is 0.305 e. The molecular formula is C48H74O8S. The largest absolute Gasteiger partial charge is 0.490 e. The Kier molecular flexibility index (Phi) is 29.0. The van der Waals surface area contributed by atoms with Gasteiger partial charge in [0.1, 0.15) is 37.9 Å². The van der Waals surface area contributed by atoms with Crippen molar-refractivity contribution in [3.63, 3.8) is 0 Å². The van der Waals surface area contributed by atoms with E-state index in [0.29, 0.717) is 24.3 Å². The molecule has 0 amide bonds. The second-order valence-corrected chi connectivity index (χ2v) is 16.8. The fourth-order valence-corrected chi connectivity index (χ4v) is 7.57. The number of sulfone groups is 1. The molecule has 0 fully saturated rings. The third kappa shape index (κ3) is 25.4. The summed E-state index contributed by atoms with van der Waals surface area (Å²) >= 11 is 0. The third-order valence-electron chi connectivity index (χ3n) is 9.78. The lowest BCUT2D eigenvalue weighted by molar-refractivity contribution is -0.145. The summed E-state index contributed by atoms with van der Waals surface area (Å²) < 4.78 is 48.3. The maximum atomic E-state index is 13.2. The molecule has 320 valence electrons. The van der Waals surface area contributed by atoms with Gasteiger partial charge in [0.15, 0.2) is 0 Å². The van der Waals surface area contributed by atoms with Gasteiger partial charge in [0.05, 0.1) is 9.79 Å². The lowest BCUT2D eigenvalue weighted by atomic mass is 10.1. The van der Waals surface area contributed by atoms with Crippen LogP contribution in [0.15, 0.2) is 82.6 Å². The summed E-state index contributed by atoms with van der Waals surface area (Å²) in [4.78, 5) is 24.4. The Morgan fingerprint density at radius 3 is 1.11 bits per heavy atom. The molecule has 0 saturated heterocycles. The third-order valence-corrected chi connectivity index (χ3v) is 11.6. The van der Waals surface area contributed by atoms with Gasteiger partial charge in [-0.2, -0.15) is 0 Å². The average molecular weight is 811 g/mol. The zero-order chi connectivity index (χ0) is 41.1. The Morgan fingerprint density at radius 1 is 0.439 bits per heavy atom. The summed E-state index contributed by atoms with van der Waals surface area (Å²) in [5.74, 6) is 0.533. The van der Waals surface area contributed by atoms with Crippen molar-refractivity contribution in [2.24, 2.45) is 0 Å². The van der Waals surface area contributed by atoms with Gasteiger partial charge in [-0.3, -0.25) is 9.59 Å². The normalized spacial score (nSPS) is 11.7. The van der Waals surface area contributed by atoms with Crippen molar-refractivity contribution < 1.29 is 37.0 Å². The number of hydrogen-bond donors (Lipinski definition) is 0. The van der Waals surface area contributed by atoms with E-state index >= 15 is 0 Å². The number of benzene rings is 2. The fraction of sp³-hybridized carbons (Fsp3) is 0.625. The van der Waals surface area contributed by atoms with Crippen molar-refractivity contribution in [1.82, 2.24) is 0 Å². The van der Waals surface area contributed by atoms with E-state index in [0.717, 1.165) is 51.4 Å². The standard InChI is InChI=1S/C48H74O8S/c1-3-5-7-9-11-13-15-17-19-21-23-25-27-29-47(49)55-41-39-53-43-31-35-45(36-32-43)57(51,52)46-37-33-44(34-38-46)54-40-42-56-48(50)30-28-26-24-22-20-18-16-14-12-10-8-6-4-2/h13-16,31-38H,3-12,17-30,39-42H2,1-2H3/b15-13+,16-14+. The predicted molar refractivity (Wildman–Crippen MR) is 232 cm³/mol. The molecule has 0 aliphatic heterocycles. The Labute approximate surface area is 346 Å². The second kappa shape index (κ2) is 33.4. The molecule has 0 heterocycles. The molecule has 0 saturated carbocycles. The summed E-state index contributed by atoms with van der Waals surface area (Å²) in [5.41, 5.74) is 0. The number of rotatable bonds is 36. The highest BCUT2D eigenvalue weighted by Gasteiger charge is 2.18. The zero-order valence-electron chi connectivity index (χ0n) is 35.4. The first-order valence-electron chi connectivity index (χ1n) is 22.2. The second-order valence-electron chi connectivity index (χ2n) is 14.8. The number of hydrogen-bond acceptors (Lipinski definition) is 8. The van der Waals surface area contributed by atoms with Gasteiger partial charge >= 0.3 is 11.9 Å². The molecule has 0 aliphatic carbocycles. The van der Waals surface area contributed by atoms with Gasteiger partial charge in [-0.05, 0) is 113 Å². The zero-order valence-corrected chi connectivity index (χ0v) is 36.2. The summed E-state index contributed by atoms with van der Waals surface area (Å²) in [5, 5.41) is 0. The summed E-state index contributed by atoms with van der Waals surface area (Å²) in [6.45, 7) is 5.11. The molecule has 0 N–H and O–H groups in total.